The lowest BCUT2D eigenvalue weighted by molar-refractivity contribution is 0.102. The average molecular weight is 387 g/mol. The molecule has 0 unspecified atom stereocenters. The van der Waals surface area contributed by atoms with Gasteiger partial charge in [0.25, 0.3) is 5.91 Å². The van der Waals surface area contributed by atoms with E-state index in [9.17, 15) is 4.79 Å². The highest BCUT2D eigenvalue weighted by Crippen LogP contribution is 2.29. The topological polar surface area (TPSA) is 59.8 Å². The van der Waals surface area contributed by atoms with Crippen molar-refractivity contribution in [3.8, 4) is 0 Å². The molecule has 1 N–H and O–H groups in total. The lowest BCUT2D eigenvalue weighted by Gasteiger charge is -2.13. The van der Waals surface area contributed by atoms with Crippen LogP contribution in [0.15, 0.2) is 40.7 Å². The Morgan fingerprint density at radius 3 is 2.62 bits per heavy atom. The Bertz CT molecular complexity index is 900. The van der Waals surface area contributed by atoms with Crippen molar-refractivity contribution < 1.29 is 4.79 Å². The zero-order valence-corrected chi connectivity index (χ0v) is 16.9. The fraction of sp³-hybridized carbons (Fsp3) is 0.316. The number of nitrogens with one attached hydrogen (secondary N) is 1. The number of benzene rings is 1. The van der Waals surface area contributed by atoms with Crippen LogP contribution in [0.4, 0.5) is 5.13 Å². The van der Waals surface area contributed by atoms with E-state index in [0.717, 1.165) is 21.5 Å². The van der Waals surface area contributed by atoms with Crippen LogP contribution in [0.5, 0.6) is 0 Å². The molecule has 0 aliphatic carbocycles. The molecular formula is C19H22N4OS2. The first-order valence-corrected chi connectivity index (χ1v) is 10.3. The van der Waals surface area contributed by atoms with Gasteiger partial charge in [-0.05, 0) is 39.3 Å². The third-order valence-electron chi connectivity index (χ3n) is 4.08. The zero-order valence-electron chi connectivity index (χ0n) is 15.3. The summed E-state index contributed by atoms with van der Waals surface area (Å²) >= 11 is 3.02. The van der Waals surface area contributed by atoms with Gasteiger partial charge in [-0.2, -0.15) is 0 Å². The summed E-state index contributed by atoms with van der Waals surface area (Å²) in [5.74, 6) is 0.694. The number of amides is 1. The second-order valence-electron chi connectivity index (χ2n) is 6.35. The number of anilines is 1. The van der Waals surface area contributed by atoms with Crippen LogP contribution in [-0.4, -0.2) is 20.7 Å². The number of carbonyl (C=O) groups is 1. The summed E-state index contributed by atoms with van der Waals surface area (Å²) in [5, 5.41) is 11.7. The number of rotatable bonds is 6. The largest absolute Gasteiger partial charge is 0.346 e. The molecule has 1 aromatic carbocycles. The van der Waals surface area contributed by atoms with Gasteiger partial charge in [0, 0.05) is 23.2 Å². The molecule has 2 heterocycles. The minimum Gasteiger partial charge on any atom is -0.346 e. The minimum absolute atomic E-state index is 0.138. The molecule has 3 rings (SSSR count). The summed E-state index contributed by atoms with van der Waals surface area (Å²) in [6.45, 7) is 8.22. The van der Waals surface area contributed by atoms with E-state index in [4.69, 9.17) is 0 Å². The van der Waals surface area contributed by atoms with E-state index in [0.29, 0.717) is 16.7 Å². The lowest BCUT2D eigenvalue weighted by Crippen LogP contribution is -2.13. The quantitative estimate of drug-likeness (QED) is 0.474. The van der Waals surface area contributed by atoms with Crippen LogP contribution in [0.1, 0.15) is 47.2 Å². The van der Waals surface area contributed by atoms with Crippen LogP contribution < -0.4 is 5.32 Å². The molecule has 5 nitrogen and oxygen atoms in total. The highest BCUT2D eigenvalue weighted by atomic mass is 32.2. The second kappa shape index (κ2) is 8.05. The molecule has 0 aliphatic heterocycles. The van der Waals surface area contributed by atoms with Gasteiger partial charge >= 0.3 is 0 Å². The standard InChI is InChI=1S/C19H22N4OS2/c1-12(2)23-13(3)10-16(14(23)4)17(24)20-18-21-22-19(26-18)25-11-15-8-6-5-7-9-15/h5-10,12H,11H2,1-4H3,(H,20,21,24). The van der Waals surface area contributed by atoms with Crippen molar-refractivity contribution in [2.45, 2.75) is 43.8 Å². The first kappa shape index (κ1) is 18.7. The van der Waals surface area contributed by atoms with Gasteiger partial charge in [-0.1, -0.05) is 53.4 Å². The van der Waals surface area contributed by atoms with Gasteiger partial charge in [-0.3, -0.25) is 10.1 Å². The van der Waals surface area contributed by atoms with Crippen molar-refractivity contribution in [1.82, 2.24) is 14.8 Å². The Hall–Kier alpha value is -2.12. The van der Waals surface area contributed by atoms with Crippen LogP contribution in [-0.2, 0) is 5.75 Å². The molecule has 0 bridgehead atoms. The number of aryl methyl sites for hydroxylation is 1. The number of hydrogen-bond acceptors (Lipinski definition) is 5. The van der Waals surface area contributed by atoms with Crippen LogP contribution >= 0.6 is 23.1 Å². The predicted octanol–water partition coefficient (Wildman–Crippen LogP) is 5.08. The summed E-state index contributed by atoms with van der Waals surface area (Å²) in [5.41, 5.74) is 3.97. The molecule has 136 valence electrons. The van der Waals surface area contributed by atoms with Crippen molar-refractivity contribution in [1.29, 1.82) is 0 Å². The Labute approximate surface area is 161 Å². The van der Waals surface area contributed by atoms with Crippen molar-refractivity contribution in [3.63, 3.8) is 0 Å². The maximum Gasteiger partial charge on any atom is 0.259 e. The molecule has 0 atom stereocenters. The van der Waals surface area contributed by atoms with Crippen LogP contribution in [0.2, 0.25) is 0 Å². The second-order valence-corrected chi connectivity index (χ2v) is 8.55. The smallest absolute Gasteiger partial charge is 0.259 e. The van der Waals surface area contributed by atoms with Crippen molar-refractivity contribution in [3.05, 3.63) is 58.9 Å². The number of carbonyl (C=O) groups excluding carboxylic acids is 1. The van der Waals surface area contributed by atoms with Gasteiger partial charge in [0.2, 0.25) is 5.13 Å². The number of hydrogen-bond donors (Lipinski definition) is 1. The first-order chi connectivity index (χ1) is 12.5. The molecule has 26 heavy (non-hydrogen) atoms. The lowest BCUT2D eigenvalue weighted by atomic mass is 10.2. The van der Waals surface area contributed by atoms with E-state index in [1.807, 2.05) is 38.1 Å². The van der Waals surface area contributed by atoms with Gasteiger partial charge in [-0.15, -0.1) is 10.2 Å². The van der Waals surface area contributed by atoms with E-state index >= 15 is 0 Å². The molecule has 7 heteroatoms. The molecule has 2 aromatic heterocycles. The monoisotopic (exact) mass is 386 g/mol. The fourth-order valence-corrected chi connectivity index (χ4v) is 4.71. The third-order valence-corrected chi connectivity index (χ3v) is 6.12. The van der Waals surface area contributed by atoms with Gasteiger partial charge in [0.1, 0.15) is 0 Å². The summed E-state index contributed by atoms with van der Waals surface area (Å²) in [6.07, 6.45) is 0. The van der Waals surface area contributed by atoms with Crippen LogP contribution in [0.3, 0.4) is 0 Å². The molecule has 0 aliphatic rings. The SMILES string of the molecule is Cc1cc(C(=O)Nc2nnc(SCc3ccccc3)s2)c(C)n1C(C)C. The summed E-state index contributed by atoms with van der Waals surface area (Å²) < 4.78 is 3.01. The zero-order chi connectivity index (χ0) is 18.7. The third kappa shape index (κ3) is 4.16. The van der Waals surface area contributed by atoms with Gasteiger partial charge in [0.15, 0.2) is 4.34 Å². The molecule has 0 spiro atoms. The van der Waals surface area contributed by atoms with Crippen molar-refractivity contribution >= 4 is 34.1 Å². The highest BCUT2D eigenvalue weighted by molar-refractivity contribution is 8.00. The molecule has 0 saturated heterocycles. The molecular weight excluding hydrogens is 364 g/mol. The van der Waals surface area contributed by atoms with Gasteiger partial charge in [-0.25, -0.2) is 0 Å². The van der Waals surface area contributed by atoms with E-state index in [1.54, 1.807) is 11.8 Å². The van der Waals surface area contributed by atoms with Gasteiger partial charge < -0.3 is 4.57 Å². The number of thioether (sulfide) groups is 1. The Morgan fingerprint density at radius 2 is 1.96 bits per heavy atom. The summed E-state index contributed by atoms with van der Waals surface area (Å²) in [6, 6.07) is 12.5. The van der Waals surface area contributed by atoms with Crippen molar-refractivity contribution in [2.75, 3.05) is 5.32 Å². The normalized spacial score (nSPS) is 11.1. The summed E-state index contributed by atoms with van der Waals surface area (Å²) in [4.78, 5) is 12.6. The molecule has 0 saturated carbocycles. The molecule has 0 radical (unpaired) electrons. The fourth-order valence-electron chi connectivity index (χ4n) is 3.00. The van der Waals surface area contributed by atoms with Gasteiger partial charge in [0.05, 0.1) is 5.56 Å². The average Bonchev–Trinajstić information content (AvgIpc) is 3.17. The molecule has 0 fully saturated rings. The maximum absolute atomic E-state index is 12.6. The van der Waals surface area contributed by atoms with E-state index in [1.165, 1.54) is 16.9 Å². The highest BCUT2D eigenvalue weighted by Gasteiger charge is 2.18. The Morgan fingerprint density at radius 1 is 1.23 bits per heavy atom. The van der Waals surface area contributed by atoms with E-state index in [-0.39, 0.29) is 5.91 Å². The van der Waals surface area contributed by atoms with Crippen LogP contribution in [0, 0.1) is 13.8 Å². The summed E-state index contributed by atoms with van der Waals surface area (Å²) in [7, 11) is 0. The van der Waals surface area contributed by atoms with Crippen LogP contribution in [0.25, 0.3) is 0 Å². The first-order valence-electron chi connectivity index (χ1n) is 8.45. The Kier molecular flexibility index (Phi) is 5.78. The predicted molar refractivity (Wildman–Crippen MR) is 108 cm³/mol. The number of nitrogens with zero attached hydrogens (tertiary/aromatic N) is 3. The van der Waals surface area contributed by atoms with E-state index < -0.39 is 0 Å². The number of aromatic nitrogens is 3. The van der Waals surface area contributed by atoms with Crippen molar-refractivity contribution in [2.24, 2.45) is 0 Å². The molecule has 3 aromatic rings. The molecule has 1 amide bonds. The van der Waals surface area contributed by atoms with E-state index in [2.05, 4.69) is 46.1 Å². The minimum atomic E-state index is -0.138. The maximum atomic E-state index is 12.6. The Balaban J connectivity index is 1.65.